The quantitative estimate of drug-likeness (QED) is 0.366. The fourth-order valence-electron chi connectivity index (χ4n) is 4.07. The van der Waals surface area contributed by atoms with E-state index in [9.17, 15) is 9.59 Å². The lowest BCUT2D eigenvalue weighted by Crippen LogP contribution is -2.35. The monoisotopic (exact) mass is 502 g/mol. The third-order valence-electron chi connectivity index (χ3n) is 5.91. The molecule has 1 aliphatic rings. The number of rotatable bonds is 10. The highest BCUT2D eigenvalue weighted by molar-refractivity contribution is 5.89. The minimum Gasteiger partial charge on any atom is -0.494 e. The Hall–Kier alpha value is -3.30. The van der Waals surface area contributed by atoms with E-state index in [1.165, 1.54) is 5.56 Å². The highest BCUT2D eigenvalue weighted by Crippen LogP contribution is 2.35. The largest absolute Gasteiger partial charge is 0.494 e. The Morgan fingerprint density at radius 3 is 2.44 bits per heavy atom. The standard InChI is InChI=1S/C26H38N4O6/c1-6-33-24(31)22-23(28-29-27-22)35-21-14-10-19(11-15-21)18-8-12-20(13-9-18)34-17-7-16-30(5)25(32)36-26(2,3)4/h8-9,12-13,19,21H,6-7,10-11,14-17H2,1-5H3,(H,27,28,29). The average molecular weight is 503 g/mol. The molecule has 1 N–H and O–H groups in total. The Morgan fingerprint density at radius 1 is 1.11 bits per heavy atom. The molecule has 0 bridgehead atoms. The highest BCUT2D eigenvalue weighted by atomic mass is 16.6. The zero-order chi connectivity index (χ0) is 26.1. The van der Waals surface area contributed by atoms with Crippen LogP contribution in [-0.4, -0.2) is 70.9 Å². The van der Waals surface area contributed by atoms with Crippen LogP contribution in [0.4, 0.5) is 4.79 Å². The Bertz CT molecular complexity index is 977. The molecule has 1 aromatic carbocycles. The van der Waals surface area contributed by atoms with Gasteiger partial charge in [0.05, 0.1) is 13.2 Å². The van der Waals surface area contributed by atoms with Gasteiger partial charge in [0.25, 0.3) is 5.88 Å². The Labute approximate surface area is 212 Å². The lowest BCUT2D eigenvalue weighted by molar-refractivity contribution is 0.0291. The summed E-state index contributed by atoms with van der Waals surface area (Å²) in [5.74, 6) is 0.954. The first kappa shape index (κ1) is 27.3. The van der Waals surface area contributed by atoms with Crippen molar-refractivity contribution < 1.29 is 28.5 Å². The van der Waals surface area contributed by atoms with E-state index in [4.69, 9.17) is 18.9 Å². The van der Waals surface area contributed by atoms with Crippen molar-refractivity contribution in [1.82, 2.24) is 20.3 Å². The van der Waals surface area contributed by atoms with E-state index >= 15 is 0 Å². The minimum atomic E-state index is -0.511. The van der Waals surface area contributed by atoms with E-state index in [1.807, 2.05) is 32.9 Å². The summed E-state index contributed by atoms with van der Waals surface area (Å²) in [5, 5.41) is 10.1. The average Bonchev–Trinajstić information content (AvgIpc) is 3.30. The number of aromatic amines is 1. The van der Waals surface area contributed by atoms with Crippen molar-refractivity contribution in [1.29, 1.82) is 0 Å². The predicted molar refractivity (Wildman–Crippen MR) is 133 cm³/mol. The molecule has 0 atom stereocenters. The van der Waals surface area contributed by atoms with Gasteiger partial charge in [-0.1, -0.05) is 22.4 Å². The molecule has 3 rings (SSSR count). The van der Waals surface area contributed by atoms with E-state index in [-0.39, 0.29) is 30.4 Å². The van der Waals surface area contributed by atoms with Crippen molar-refractivity contribution >= 4 is 12.1 Å². The van der Waals surface area contributed by atoms with E-state index in [1.54, 1.807) is 18.9 Å². The molecular weight excluding hydrogens is 464 g/mol. The number of hydrogen-bond donors (Lipinski definition) is 1. The first-order valence-electron chi connectivity index (χ1n) is 12.6. The minimum absolute atomic E-state index is 0.0130. The first-order chi connectivity index (χ1) is 17.2. The molecule has 1 aliphatic carbocycles. The molecule has 0 aliphatic heterocycles. The number of H-pyrrole nitrogens is 1. The molecule has 198 valence electrons. The van der Waals surface area contributed by atoms with Crippen molar-refractivity contribution in [3.63, 3.8) is 0 Å². The molecule has 1 aromatic heterocycles. The van der Waals surface area contributed by atoms with E-state index < -0.39 is 11.6 Å². The summed E-state index contributed by atoms with van der Waals surface area (Å²) < 4.78 is 22.2. The topological polar surface area (TPSA) is 116 Å². The lowest BCUT2D eigenvalue weighted by atomic mass is 9.83. The van der Waals surface area contributed by atoms with Crippen LogP contribution < -0.4 is 9.47 Å². The van der Waals surface area contributed by atoms with Gasteiger partial charge in [-0.2, -0.15) is 0 Å². The summed E-state index contributed by atoms with van der Waals surface area (Å²) >= 11 is 0. The predicted octanol–water partition coefficient (Wildman–Crippen LogP) is 4.72. The van der Waals surface area contributed by atoms with Crippen LogP contribution in [0.5, 0.6) is 11.6 Å². The second-order valence-corrected chi connectivity index (χ2v) is 9.98. The molecule has 0 spiro atoms. The van der Waals surface area contributed by atoms with Gasteiger partial charge in [-0.05, 0) is 83.4 Å². The van der Waals surface area contributed by atoms with Crippen molar-refractivity contribution in [2.45, 2.75) is 77.4 Å². The molecule has 2 aromatic rings. The summed E-state index contributed by atoms with van der Waals surface area (Å²) in [6, 6.07) is 8.22. The number of carbonyl (C=O) groups is 2. The number of nitrogens with zero attached hydrogens (tertiary/aromatic N) is 3. The smallest absolute Gasteiger partial charge is 0.410 e. The van der Waals surface area contributed by atoms with Gasteiger partial charge in [0.1, 0.15) is 17.5 Å². The molecule has 36 heavy (non-hydrogen) atoms. The Kier molecular flexibility index (Phi) is 9.55. The zero-order valence-corrected chi connectivity index (χ0v) is 21.9. The zero-order valence-electron chi connectivity index (χ0n) is 21.9. The van der Waals surface area contributed by atoms with Gasteiger partial charge in [-0.15, -0.1) is 0 Å². The van der Waals surface area contributed by atoms with E-state index in [2.05, 4.69) is 27.5 Å². The summed E-state index contributed by atoms with van der Waals surface area (Å²) in [7, 11) is 1.73. The summed E-state index contributed by atoms with van der Waals surface area (Å²) in [5.41, 5.74) is 0.936. The van der Waals surface area contributed by atoms with Crippen molar-refractivity contribution in [2.75, 3.05) is 26.8 Å². The number of hydrogen-bond acceptors (Lipinski definition) is 8. The summed E-state index contributed by atoms with van der Waals surface area (Å²) in [4.78, 5) is 25.5. The SMILES string of the molecule is CCOC(=O)c1[nH]nnc1OC1CCC(c2ccc(OCCCN(C)C(=O)OC(C)(C)C)cc2)CC1. The van der Waals surface area contributed by atoms with Crippen LogP contribution in [0.1, 0.15) is 81.8 Å². The normalized spacial score (nSPS) is 17.8. The second-order valence-electron chi connectivity index (χ2n) is 9.98. The number of aromatic nitrogens is 3. The van der Waals surface area contributed by atoms with Crippen LogP contribution in [0, 0.1) is 0 Å². The molecule has 0 saturated heterocycles. The van der Waals surface area contributed by atoms with Crippen molar-refractivity contribution in [2.24, 2.45) is 0 Å². The summed E-state index contributed by atoms with van der Waals surface area (Å²) in [6.07, 6.45) is 4.06. The highest BCUT2D eigenvalue weighted by Gasteiger charge is 2.27. The van der Waals surface area contributed by atoms with Crippen LogP contribution in [-0.2, 0) is 9.47 Å². The number of carbonyl (C=O) groups excluding carboxylic acids is 2. The van der Waals surface area contributed by atoms with Gasteiger partial charge in [-0.25, -0.2) is 14.7 Å². The van der Waals surface area contributed by atoms with Crippen LogP contribution in [0.15, 0.2) is 24.3 Å². The third kappa shape index (κ3) is 8.13. The van der Waals surface area contributed by atoms with E-state index in [0.717, 1.165) is 31.4 Å². The second kappa shape index (κ2) is 12.6. The van der Waals surface area contributed by atoms with Crippen molar-refractivity contribution in [3.05, 3.63) is 35.5 Å². The number of amides is 1. The molecular formula is C26H38N4O6. The van der Waals surface area contributed by atoms with Crippen LogP contribution in [0.25, 0.3) is 0 Å². The van der Waals surface area contributed by atoms with Crippen LogP contribution >= 0.6 is 0 Å². The van der Waals surface area contributed by atoms with Gasteiger partial charge >= 0.3 is 12.1 Å². The first-order valence-corrected chi connectivity index (χ1v) is 12.6. The van der Waals surface area contributed by atoms with Gasteiger partial charge in [0.15, 0.2) is 0 Å². The molecule has 1 saturated carbocycles. The number of esters is 1. The van der Waals surface area contributed by atoms with Gasteiger partial charge in [0.2, 0.25) is 5.69 Å². The fourth-order valence-corrected chi connectivity index (χ4v) is 4.07. The molecule has 10 heteroatoms. The Morgan fingerprint density at radius 2 is 1.81 bits per heavy atom. The molecule has 0 radical (unpaired) electrons. The van der Waals surface area contributed by atoms with Gasteiger partial charge < -0.3 is 23.8 Å². The molecule has 1 amide bonds. The van der Waals surface area contributed by atoms with Gasteiger partial charge in [0, 0.05) is 13.6 Å². The molecule has 1 heterocycles. The maximum Gasteiger partial charge on any atom is 0.410 e. The summed E-state index contributed by atoms with van der Waals surface area (Å²) in [6.45, 7) is 8.67. The molecule has 10 nitrogen and oxygen atoms in total. The Balaban J connectivity index is 1.39. The van der Waals surface area contributed by atoms with Crippen molar-refractivity contribution in [3.8, 4) is 11.6 Å². The number of nitrogens with one attached hydrogen (secondary N) is 1. The van der Waals surface area contributed by atoms with Gasteiger partial charge in [-0.3, -0.25) is 0 Å². The maximum absolute atomic E-state index is 12.0. The molecule has 1 fully saturated rings. The number of ether oxygens (including phenoxy) is 4. The maximum atomic E-state index is 12.0. The molecule has 0 unspecified atom stereocenters. The van der Waals surface area contributed by atoms with E-state index in [0.29, 0.717) is 25.5 Å². The number of benzene rings is 1. The van der Waals surface area contributed by atoms with Crippen LogP contribution in [0.3, 0.4) is 0 Å². The third-order valence-corrected chi connectivity index (χ3v) is 5.91. The van der Waals surface area contributed by atoms with Crippen LogP contribution in [0.2, 0.25) is 0 Å². The lowest BCUT2D eigenvalue weighted by Gasteiger charge is -2.28. The fraction of sp³-hybridized carbons (Fsp3) is 0.615.